The van der Waals surface area contributed by atoms with Crippen molar-refractivity contribution in [1.82, 2.24) is 4.98 Å². The minimum Gasteiger partial charge on any atom is -0.496 e. The second kappa shape index (κ2) is 5.31. The lowest BCUT2D eigenvalue weighted by atomic mass is 10.1. The Hall–Kier alpha value is -1.68. The van der Waals surface area contributed by atoms with Crippen LogP contribution in [0.3, 0.4) is 0 Å². The first kappa shape index (κ1) is 12.8. The fourth-order valence-electron chi connectivity index (χ4n) is 1.88. The third-order valence-corrected chi connectivity index (χ3v) is 3.02. The molecular weight excluding hydrogens is 252 g/mol. The van der Waals surface area contributed by atoms with Gasteiger partial charge in [-0.2, -0.15) is 4.98 Å². The zero-order chi connectivity index (χ0) is 13.1. The summed E-state index contributed by atoms with van der Waals surface area (Å²) in [6, 6.07) is 5.78. The van der Waals surface area contributed by atoms with Crippen molar-refractivity contribution in [3.63, 3.8) is 0 Å². The summed E-state index contributed by atoms with van der Waals surface area (Å²) in [5.74, 6) is 1.59. The van der Waals surface area contributed by atoms with Crippen LogP contribution in [0.15, 0.2) is 22.6 Å². The number of hydrogen-bond acceptors (Lipinski definition) is 4. The van der Waals surface area contributed by atoms with Crippen LogP contribution < -0.4 is 10.5 Å². The standard InChI is InChI=1S/C13H15ClN2O2/c1-8-11(16-13(15)18-8)5-3-9-7-10(14)4-6-12(9)17-2/h4,6-7H,3,5H2,1-2H3,(H2,15,16). The van der Waals surface area contributed by atoms with Crippen LogP contribution in [0.2, 0.25) is 5.02 Å². The Morgan fingerprint density at radius 3 is 2.78 bits per heavy atom. The largest absolute Gasteiger partial charge is 0.496 e. The summed E-state index contributed by atoms with van der Waals surface area (Å²) in [7, 11) is 1.64. The topological polar surface area (TPSA) is 61.3 Å². The van der Waals surface area contributed by atoms with Crippen molar-refractivity contribution < 1.29 is 9.15 Å². The fourth-order valence-corrected chi connectivity index (χ4v) is 2.07. The smallest absolute Gasteiger partial charge is 0.292 e. The van der Waals surface area contributed by atoms with Gasteiger partial charge in [-0.25, -0.2) is 0 Å². The fraction of sp³-hybridized carbons (Fsp3) is 0.308. The molecule has 0 aliphatic rings. The summed E-state index contributed by atoms with van der Waals surface area (Å²) in [6.45, 7) is 1.86. The van der Waals surface area contributed by atoms with Crippen molar-refractivity contribution in [3.8, 4) is 5.75 Å². The van der Waals surface area contributed by atoms with E-state index in [1.165, 1.54) is 0 Å². The average molecular weight is 267 g/mol. The molecule has 0 fully saturated rings. The molecule has 0 aliphatic heterocycles. The highest BCUT2D eigenvalue weighted by molar-refractivity contribution is 6.30. The Kier molecular flexibility index (Phi) is 3.77. The number of rotatable bonds is 4. The minimum atomic E-state index is 0.209. The Labute approximate surface area is 111 Å². The van der Waals surface area contributed by atoms with Crippen LogP contribution in [0.5, 0.6) is 5.75 Å². The highest BCUT2D eigenvalue weighted by Crippen LogP contribution is 2.24. The highest BCUT2D eigenvalue weighted by Gasteiger charge is 2.09. The van der Waals surface area contributed by atoms with E-state index in [2.05, 4.69) is 4.98 Å². The molecule has 1 aromatic carbocycles. The second-order valence-electron chi connectivity index (χ2n) is 4.01. The lowest BCUT2D eigenvalue weighted by molar-refractivity contribution is 0.409. The maximum atomic E-state index is 5.98. The van der Waals surface area contributed by atoms with Crippen molar-refractivity contribution in [2.45, 2.75) is 19.8 Å². The first-order chi connectivity index (χ1) is 8.60. The van der Waals surface area contributed by atoms with Crippen molar-refractivity contribution >= 4 is 17.6 Å². The quantitative estimate of drug-likeness (QED) is 0.924. The number of halogens is 1. The SMILES string of the molecule is COc1ccc(Cl)cc1CCc1nc(N)oc1C. The van der Waals surface area contributed by atoms with E-state index in [9.17, 15) is 0 Å². The van der Waals surface area contributed by atoms with E-state index in [-0.39, 0.29) is 6.01 Å². The number of oxazole rings is 1. The Balaban J connectivity index is 2.14. The third kappa shape index (κ3) is 2.76. The number of nitrogens with two attached hydrogens (primary N) is 1. The van der Waals surface area contributed by atoms with Gasteiger partial charge in [0.2, 0.25) is 0 Å². The number of nitrogen functional groups attached to an aromatic ring is 1. The van der Waals surface area contributed by atoms with Crippen molar-refractivity contribution in [2.75, 3.05) is 12.8 Å². The van der Waals surface area contributed by atoms with Crippen LogP contribution in [0.25, 0.3) is 0 Å². The highest BCUT2D eigenvalue weighted by atomic mass is 35.5. The number of hydrogen-bond donors (Lipinski definition) is 1. The molecule has 2 aromatic rings. The zero-order valence-corrected chi connectivity index (χ0v) is 11.1. The molecule has 1 aromatic heterocycles. The van der Waals surface area contributed by atoms with E-state index >= 15 is 0 Å². The number of anilines is 1. The molecule has 0 spiro atoms. The summed E-state index contributed by atoms with van der Waals surface area (Å²) in [5.41, 5.74) is 7.42. The summed E-state index contributed by atoms with van der Waals surface area (Å²) in [4.78, 5) is 4.14. The molecule has 0 saturated carbocycles. The van der Waals surface area contributed by atoms with Gasteiger partial charge >= 0.3 is 0 Å². The molecule has 5 heteroatoms. The summed E-state index contributed by atoms with van der Waals surface area (Å²) >= 11 is 5.98. The van der Waals surface area contributed by atoms with E-state index in [0.29, 0.717) is 5.02 Å². The average Bonchev–Trinajstić information content (AvgIpc) is 2.65. The van der Waals surface area contributed by atoms with Crippen LogP contribution in [0.4, 0.5) is 6.01 Å². The van der Waals surface area contributed by atoms with Gasteiger partial charge in [0.15, 0.2) is 0 Å². The van der Waals surface area contributed by atoms with Crippen LogP contribution in [0, 0.1) is 6.92 Å². The monoisotopic (exact) mass is 266 g/mol. The molecule has 2 rings (SSSR count). The number of nitrogens with zero attached hydrogens (tertiary/aromatic N) is 1. The molecule has 96 valence electrons. The number of aryl methyl sites for hydroxylation is 3. The number of aromatic nitrogens is 1. The van der Waals surface area contributed by atoms with Crippen molar-refractivity contribution in [2.24, 2.45) is 0 Å². The van der Waals surface area contributed by atoms with Gasteiger partial charge in [0, 0.05) is 5.02 Å². The molecule has 0 bridgehead atoms. The number of ether oxygens (including phenoxy) is 1. The summed E-state index contributed by atoms with van der Waals surface area (Å²) in [5, 5.41) is 0.696. The zero-order valence-electron chi connectivity index (χ0n) is 10.4. The normalized spacial score (nSPS) is 10.6. The van der Waals surface area contributed by atoms with Gasteiger partial charge in [-0.05, 0) is 43.5 Å². The minimum absolute atomic E-state index is 0.209. The summed E-state index contributed by atoms with van der Waals surface area (Å²) < 4.78 is 10.5. The van der Waals surface area contributed by atoms with Crippen LogP contribution in [-0.2, 0) is 12.8 Å². The van der Waals surface area contributed by atoms with E-state index < -0.39 is 0 Å². The molecule has 2 N–H and O–H groups in total. The van der Waals surface area contributed by atoms with Gasteiger partial charge in [0.1, 0.15) is 11.5 Å². The van der Waals surface area contributed by atoms with Gasteiger partial charge < -0.3 is 14.9 Å². The van der Waals surface area contributed by atoms with Crippen LogP contribution in [0.1, 0.15) is 17.0 Å². The van der Waals surface area contributed by atoms with E-state index in [0.717, 1.165) is 35.6 Å². The Morgan fingerprint density at radius 2 is 2.17 bits per heavy atom. The van der Waals surface area contributed by atoms with Gasteiger partial charge in [-0.1, -0.05) is 11.6 Å². The van der Waals surface area contributed by atoms with Gasteiger partial charge in [-0.3, -0.25) is 0 Å². The lowest BCUT2D eigenvalue weighted by Gasteiger charge is -2.08. The predicted octanol–water partition coefficient (Wildman–Crippen LogP) is 3.01. The van der Waals surface area contributed by atoms with Crippen LogP contribution in [-0.4, -0.2) is 12.1 Å². The molecule has 0 atom stereocenters. The molecular formula is C13H15ClN2O2. The van der Waals surface area contributed by atoms with E-state index in [4.69, 9.17) is 26.5 Å². The maximum absolute atomic E-state index is 5.98. The molecule has 4 nitrogen and oxygen atoms in total. The van der Waals surface area contributed by atoms with Crippen LogP contribution >= 0.6 is 11.6 Å². The first-order valence-corrected chi connectivity index (χ1v) is 6.02. The lowest BCUT2D eigenvalue weighted by Crippen LogP contribution is -1.97. The number of methoxy groups -OCH3 is 1. The molecule has 0 amide bonds. The van der Waals surface area contributed by atoms with E-state index in [1.54, 1.807) is 7.11 Å². The van der Waals surface area contributed by atoms with Gasteiger partial charge in [-0.15, -0.1) is 0 Å². The molecule has 18 heavy (non-hydrogen) atoms. The second-order valence-corrected chi connectivity index (χ2v) is 4.45. The molecule has 1 heterocycles. The predicted molar refractivity (Wildman–Crippen MR) is 71.1 cm³/mol. The molecule has 0 unspecified atom stereocenters. The molecule has 0 aliphatic carbocycles. The number of benzene rings is 1. The van der Waals surface area contributed by atoms with Crippen molar-refractivity contribution in [1.29, 1.82) is 0 Å². The van der Waals surface area contributed by atoms with Gasteiger partial charge in [0.05, 0.1) is 12.8 Å². The molecule has 0 saturated heterocycles. The Morgan fingerprint density at radius 1 is 1.39 bits per heavy atom. The third-order valence-electron chi connectivity index (χ3n) is 2.78. The Bertz CT molecular complexity index is 552. The summed E-state index contributed by atoms with van der Waals surface area (Å²) in [6.07, 6.45) is 1.51. The first-order valence-electron chi connectivity index (χ1n) is 5.64. The van der Waals surface area contributed by atoms with E-state index in [1.807, 2.05) is 25.1 Å². The van der Waals surface area contributed by atoms with Crippen molar-refractivity contribution in [3.05, 3.63) is 40.2 Å². The maximum Gasteiger partial charge on any atom is 0.292 e. The van der Waals surface area contributed by atoms with Gasteiger partial charge in [0.25, 0.3) is 6.01 Å². The molecule has 0 radical (unpaired) electrons.